The number of carbonyl (C=O) groups excluding carboxylic acids is 1. The summed E-state index contributed by atoms with van der Waals surface area (Å²) in [5.41, 5.74) is 9.83. The summed E-state index contributed by atoms with van der Waals surface area (Å²) in [6, 6.07) is 12.8. The van der Waals surface area contributed by atoms with Crippen LogP contribution in [0.5, 0.6) is 0 Å². The Hall–Kier alpha value is -2.01. The number of H-pyrrole nitrogens is 1. The van der Waals surface area contributed by atoms with Gasteiger partial charge >= 0.3 is 0 Å². The zero-order chi connectivity index (χ0) is 17.6. The van der Waals surface area contributed by atoms with E-state index >= 15 is 0 Å². The van der Waals surface area contributed by atoms with Gasteiger partial charge < -0.3 is 15.6 Å². The first kappa shape index (κ1) is 16.5. The van der Waals surface area contributed by atoms with Gasteiger partial charge in [0.15, 0.2) is 0 Å². The highest BCUT2D eigenvalue weighted by atomic mass is 35.5. The van der Waals surface area contributed by atoms with E-state index in [0.717, 1.165) is 16.6 Å². The Kier molecular flexibility index (Phi) is 4.20. The molecule has 3 aromatic rings. The third-order valence-corrected chi connectivity index (χ3v) is 5.24. The molecule has 6 heteroatoms. The van der Waals surface area contributed by atoms with Gasteiger partial charge in [-0.05, 0) is 48.4 Å². The van der Waals surface area contributed by atoms with Crippen LogP contribution in [0, 0.1) is 0 Å². The van der Waals surface area contributed by atoms with Crippen molar-refractivity contribution < 1.29 is 4.79 Å². The molecular formula is C19H17Cl2N3O. The van der Waals surface area contributed by atoms with Crippen molar-refractivity contribution in [2.24, 2.45) is 5.73 Å². The van der Waals surface area contributed by atoms with E-state index in [1.54, 1.807) is 24.3 Å². The van der Waals surface area contributed by atoms with Crippen LogP contribution in [-0.2, 0) is 13.0 Å². The van der Waals surface area contributed by atoms with Gasteiger partial charge in [0, 0.05) is 44.8 Å². The molecule has 1 aliphatic rings. The Balaban J connectivity index is 1.74. The third kappa shape index (κ3) is 2.91. The maximum absolute atomic E-state index is 13.0. The van der Waals surface area contributed by atoms with E-state index in [1.807, 2.05) is 23.1 Å². The molecule has 1 aromatic heterocycles. The first-order chi connectivity index (χ1) is 12.1. The minimum Gasteiger partial charge on any atom is -0.357 e. The van der Waals surface area contributed by atoms with E-state index in [2.05, 4.69) is 4.98 Å². The fraction of sp³-hybridized carbons (Fsp3) is 0.211. The first-order valence-electron chi connectivity index (χ1n) is 8.12. The molecule has 0 saturated carbocycles. The van der Waals surface area contributed by atoms with E-state index in [1.165, 1.54) is 5.56 Å². The summed E-state index contributed by atoms with van der Waals surface area (Å²) in [5.74, 6) is -0.0553. The van der Waals surface area contributed by atoms with Crippen LogP contribution in [0.25, 0.3) is 10.9 Å². The van der Waals surface area contributed by atoms with Gasteiger partial charge in [0.2, 0.25) is 0 Å². The number of amides is 1. The van der Waals surface area contributed by atoms with E-state index in [0.29, 0.717) is 35.1 Å². The molecule has 3 N–H and O–H groups in total. The minimum absolute atomic E-state index is 0.0553. The molecule has 4 rings (SSSR count). The highest BCUT2D eigenvalue weighted by molar-refractivity contribution is 6.31. The molecule has 0 aliphatic carbocycles. The van der Waals surface area contributed by atoms with Gasteiger partial charge in [-0.1, -0.05) is 29.3 Å². The molecule has 25 heavy (non-hydrogen) atoms. The number of nitrogens with two attached hydrogens (primary N) is 1. The maximum Gasteiger partial charge on any atom is 0.254 e. The zero-order valence-electron chi connectivity index (χ0n) is 13.4. The lowest BCUT2D eigenvalue weighted by Gasteiger charge is -2.35. The quantitative estimate of drug-likeness (QED) is 0.712. The first-order valence-corrected chi connectivity index (χ1v) is 8.88. The molecule has 4 nitrogen and oxygen atoms in total. The number of aromatic amines is 1. The molecule has 0 spiro atoms. The van der Waals surface area contributed by atoms with E-state index in [-0.39, 0.29) is 11.9 Å². The van der Waals surface area contributed by atoms with E-state index < -0.39 is 0 Å². The molecule has 1 atom stereocenters. The Morgan fingerprint density at radius 1 is 1.20 bits per heavy atom. The van der Waals surface area contributed by atoms with Gasteiger partial charge in [-0.25, -0.2) is 0 Å². The summed E-state index contributed by atoms with van der Waals surface area (Å²) in [5, 5.41) is 2.36. The number of nitrogens with one attached hydrogen (secondary N) is 1. The van der Waals surface area contributed by atoms with Gasteiger partial charge in [-0.3, -0.25) is 4.79 Å². The fourth-order valence-corrected chi connectivity index (χ4v) is 3.89. The fourth-order valence-electron chi connectivity index (χ4n) is 3.52. The summed E-state index contributed by atoms with van der Waals surface area (Å²) in [7, 11) is 0. The van der Waals surface area contributed by atoms with Crippen molar-refractivity contribution in [3.05, 3.63) is 69.3 Å². The second kappa shape index (κ2) is 6.37. The summed E-state index contributed by atoms with van der Waals surface area (Å²) in [4.78, 5) is 18.2. The number of hydrogen-bond donors (Lipinski definition) is 2. The molecule has 2 heterocycles. The van der Waals surface area contributed by atoms with Gasteiger partial charge in [0.05, 0.1) is 6.54 Å². The van der Waals surface area contributed by atoms with Crippen molar-refractivity contribution in [1.29, 1.82) is 0 Å². The number of hydrogen-bond acceptors (Lipinski definition) is 2. The minimum atomic E-state index is -0.0584. The van der Waals surface area contributed by atoms with Crippen molar-refractivity contribution in [2.75, 3.05) is 6.54 Å². The third-order valence-electron chi connectivity index (χ3n) is 4.77. The monoisotopic (exact) mass is 373 g/mol. The number of rotatable bonds is 2. The van der Waals surface area contributed by atoms with Crippen LogP contribution in [0.3, 0.4) is 0 Å². The van der Waals surface area contributed by atoms with Gasteiger partial charge in [0.25, 0.3) is 5.91 Å². The van der Waals surface area contributed by atoms with Crippen LogP contribution in [0.1, 0.15) is 21.6 Å². The van der Waals surface area contributed by atoms with Crippen molar-refractivity contribution >= 4 is 40.0 Å². The summed E-state index contributed by atoms with van der Waals surface area (Å²) >= 11 is 12.2. The summed E-state index contributed by atoms with van der Waals surface area (Å²) in [6.45, 7) is 0.897. The highest BCUT2D eigenvalue weighted by Crippen LogP contribution is 2.32. The Bertz CT molecular complexity index is 966. The van der Waals surface area contributed by atoms with Crippen molar-refractivity contribution in [3.8, 4) is 0 Å². The van der Waals surface area contributed by atoms with E-state index in [9.17, 15) is 4.79 Å². The van der Waals surface area contributed by atoms with Crippen LogP contribution < -0.4 is 5.73 Å². The van der Waals surface area contributed by atoms with Crippen LogP contribution in [-0.4, -0.2) is 28.4 Å². The molecule has 0 radical (unpaired) electrons. The van der Waals surface area contributed by atoms with Gasteiger partial charge in [-0.15, -0.1) is 0 Å². The Morgan fingerprint density at radius 3 is 2.76 bits per heavy atom. The van der Waals surface area contributed by atoms with Crippen LogP contribution >= 0.6 is 23.2 Å². The SMILES string of the molecule is NCC1Cc2c([nH]c3ccc(Cl)cc23)CN1C(=O)c1cccc(Cl)c1. The molecule has 1 amide bonds. The smallest absolute Gasteiger partial charge is 0.254 e. The Morgan fingerprint density at radius 2 is 2.00 bits per heavy atom. The van der Waals surface area contributed by atoms with Crippen LogP contribution in [0.15, 0.2) is 42.5 Å². The topological polar surface area (TPSA) is 62.1 Å². The number of fused-ring (bicyclic) bond motifs is 3. The maximum atomic E-state index is 13.0. The number of carbonyl (C=O) groups is 1. The summed E-state index contributed by atoms with van der Waals surface area (Å²) in [6.07, 6.45) is 0.707. The van der Waals surface area contributed by atoms with Crippen LogP contribution in [0.4, 0.5) is 0 Å². The number of benzene rings is 2. The average molecular weight is 374 g/mol. The van der Waals surface area contributed by atoms with Crippen molar-refractivity contribution in [3.63, 3.8) is 0 Å². The molecule has 1 unspecified atom stereocenters. The molecule has 0 bridgehead atoms. The largest absolute Gasteiger partial charge is 0.357 e. The number of nitrogens with zero attached hydrogens (tertiary/aromatic N) is 1. The lowest BCUT2D eigenvalue weighted by atomic mass is 9.96. The molecule has 1 aliphatic heterocycles. The Labute approximate surface area is 155 Å². The lowest BCUT2D eigenvalue weighted by molar-refractivity contribution is 0.0645. The normalized spacial score (nSPS) is 16.9. The molecule has 128 valence electrons. The predicted molar refractivity (Wildman–Crippen MR) is 101 cm³/mol. The van der Waals surface area contributed by atoms with Crippen molar-refractivity contribution in [1.82, 2.24) is 9.88 Å². The van der Waals surface area contributed by atoms with Crippen molar-refractivity contribution in [2.45, 2.75) is 19.0 Å². The molecular weight excluding hydrogens is 357 g/mol. The predicted octanol–water partition coefficient (Wildman–Crippen LogP) is 4.00. The molecule has 2 aromatic carbocycles. The highest BCUT2D eigenvalue weighted by Gasteiger charge is 2.31. The van der Waals surface area contributed by atoms with Gasteiger partial charge in [0.1, 0.15) is 0 Å². The average Bonchev–Trinajstić information content (AvgIpc) is 2.96. The van der Waals surface area contributed by atoms with E-state index in [4.69, 9.17) is 28.9 Å². The summed E-state index contributed by atoms with van der Waals surface area (Å²) < 4.78 is 0. The second-order valence-electron chi connectivity index (χ2n) is 6.31. The lowest BCUT2D eigenvalue weighted by Crippen LogP contribution is -2.48. The molecule has 0 saturated heterocycles. The second-order valence-corrected chi connectivity index (χ2v) is 7.18. The molecule has 0 fully saturated rings. The number of aromatic nitrogens is 1. The van der Waals surface area contributed by atoms with Gasteiger partial charge in [-0.2, -0.15) is 0 Å². The van der Waals surface area contributed by atoms with Crippen LogP contribution in [0.2, 0.25) is 10.0 Å². The number of halogens is 2. The zero-order valence-corrected chi connectivity index (χ0v) is 14.9. The standard InChI is InChI=1S/C19H17Cl2N3O/c20-12-3-1-2-11(6-12)19(25)24-10-18-16(8-14(24)9-22)15-7-13(21)4-5-17(15)23-18/h1-7,14,23H,8-10,22H2.